The summed E-state index contributed by atoms with van der Waals surface area (Å²) in [5, 5.41) is 9.20. The van der Waals surface area contributed by atoms with Gasteiger partial charge in [-0.05, 0) is 53.6 Å². The monoisotopic (exact) mass is 281 g/mol. The van der Waals surface area contributed by atoms with E-state index in [2.05, 4.69) is 9.73 Å². The molecule has 4 heteroatoms. The first-order chi connectivity index (χ1) is 10.2. The normalized spacial score (nSPS) is 11.1. The average molecular weight is 281 g/mol. The van der Waals surface area contributed by atoms with Gasteiger partial charge in [-0.1, -0.05) is 12.1 Å². The van der Waals surface area contributed by atoms with Crippen molar-refractivity contribution in [1.82, 2.24) is 0 Å². The maximum absolute atomic E-state index is 11.0. The number of hydrogen-bond acceptors (Lipinski definition) is 4. The number of aromatic hydroxyl groups is 1. The zero-order valence-corrected chi connectivity index (χ0v) is 11.6. The lowest BCUT2D eigenvalue weighted by molar-refractivity contribution is -0.134. The standard InChI is InChI=1S/C17H15NO3/c1-21-17(20)11-6-13-2-7-15(8-3-13)18-12-14-4-9-16(19)10-5-14/h2-12,19H,1H3. The number of hydrogen-bond donors (Lipinski definition) is 1. The van der Waals surface area contributed by atoms with Crippen LogP contribution < -0.4 is 0 Å². The molecule has 1 N–H and O–H groups in total. The molecule has 0 saturated heterocycles. The van der Waals surface area contributed by atoms with Crippen molar-refractivity contribution in [2.24, 2.45) is 4.99 Å². The quantitative estimate of drug-likeness (QED) is 0.531. The Hall–Kier alpha value is -2.88. The number of phenols is 1. The van der Waals surface area contributed by atoms with Gasteiger partial charge in [0.25, 0.3) is 0 Å². The van der Waals surface area contributed by atoms with Crippen LogP contribution in [0.2, 0.25) is 0 Å². The molecule has 0 heterocycles. The van der Waals surface area contributed by atoms with Crippen LogP contribution in [-0.2, 0) is 9.53 Å². The highest BCUT2D eigenvalue weighted by atomic mass is 16.5. The number of rotatable bonds is 4. The molecule has 2 aromatic rings. The second-order valence-electron chi connectivity index (χ2n) is 4.30. The van der Waals surface area contributed by atoms with E-state index in [1.165, 1.54) is 13.2 Å². The topological polar surface area (TPSA) is 58.9 Å². The van der Waals surface area contributed by atoms with Crippen LogP contribution in [0.15, 0.2) is 59.6 Å². The minimum atomic E-state index is -0.385. The lowest BCUT2D eigenvalue weighted by atomic mass is 10.2. The van der Waals surface area contributed by atoms with Gasteiger partial charge in [0.05, 0.1) is 12.8 Å². The van der Waals surface area contributed by atoms with Gasteiger partial charge < -0.3 is 9.84 Å². The van der Waals surface area contributed by atoms with Gasteiger partial charge in [0.1, 0.15) is 5.75 Å². The Morgan fingerprint density at radius 2 is 1.67 bits per heavy atom. The molecule has 0 aliphatic heterocycles. The average Bonchev–Trinajstić information content (AvgIpc) is 2.53. The number of carbonyl (C=O) groups excluding carboxylic acids is 1. The van der Waals surface area contributed by atoms with Crippen molar-refractivity contribution < 1.29 is 14.6 Å². The summed E-state index contributed by atoms with van der Waals surface area (Å²) in [4.78, 5) is 15.3. The number of carbonyl (C=O) groups is 1. The molecular weight excluding hydrogens is 266 g/mol. The first-order valence-corrected chi connectivity index (χ1v) is 6.36. The van der Waals surface area contributed by atoms with Gasteiger partial charge in [0, 0.05) is 12.3 Å². The molecule has 0 atom stereocenters. The van der Waals surface area contributed by atoms with Crippen molar-refractivity contribution in [2.75, 3.05) is 7.11 Å². The van der Waals surface area contributed by atoms with Crippen molar-refractivity contribution in [3.8, 4) is 5.75 Å². The molecule has 0 bridgehead atoms. The largest absolute Gasteiger partial charge is 0.508 e. The number of ether oxygens (including phenoxy) is 1. The molecule has 0 saturated carbocycles. The summed E-state index contributed by atoms with van der Waals surface area (Å²) in [6.07, 6.45) is 4.77. The number of nitrogens with zero attached hydrogens (tertiary/aromatic N) is 1. The van der Waals surface area contributed by atoms with Crippen LogP contribution in [0.3, 0.4) is 0 Å². The highest BCUT2D eigenvalue weighted by Gasteiger charge is 1.93. The smallest absolute Gasteiger partial charge is 0.330 e. The van der Waals surface area contributed by atoms with E-state index < -0.39 is 0 Å². The summed E-state index contributed by atoms with van der Waals surface area (Å²) in [5.74, 6) is -0.154. The maximum Gasteiger partial charge on any atom is 0.330 e. The Kier molecular flexibility index (Phi) is 4.88. The molecule has 2 rings (SSSR count). The third-order valence-electron chi connectivity index (χ3n) is 2.76. The third kappa shape index (κ3) is 4.62. The molecule has 0 radical (unpaired) electrons. The van der Waals surface area contributed by atoms with Crippen LogP contribution in [0.5, 0.6) is 5.75 Å². The van der Waals surface area contributed by atoms with Gasteiger partial charge in [-0.25, -0.2) is 4.79 Å². The maximum atomic E-state index is 11.0. The van der Waals surface area contributed by atoms with Crippen LogP contribution in [0.4, 0.5) is 5.69 Å². The van der Waals surface area contributed by atoms with Crippen molar-refractivity contribution in [2.45, 2.75) is 0 Å². The van der Waals surface area contributed by atoms with Crippen molar-refractivity contribution in [1.29, 1.82) is 0 Å². The predicted octanol–water partition coefficient (Wildman–Crippen LogP) is 3.33. The molecule has 4 nitrogen and oxygen atoms in total. The van der Waals surface area contributed by atoms with Gasteiger partial charge in [-0.15, -0.1) is 0 Å². The molecule has 0 aliphatic carbocycles. The lowest BCUT2D eigenvalue weighted by Crippen LogP contribution is -1.93. The van der Waals surface area contributed by atoms with Gasteiger partial charge >= 0.3 is 5.97 Å². The second-order valence-corrected chi connectivity index (χ2v) is 4.30. The van der Waals surface area contributed by atoms with Crippen LogP contribution in [-0.4, -0.2) is 24.4 Å². The van der Waals surface area contributed by atoms with E-state index in [0.29, 0.717) is 0 Å². The lowest BCUT2D eigenvalue weighted by Gasteiger charge is -1.97. The molecule has 106 valence electrons. The molecule has 2 aromatic carbocycles. The fourth-order valence-electron chi connectivity index (χ4n) is 1.61. The molecule has 0 spiro atoms. The first kappa shape index (κ1) is 14.5. The Bertz CT molecular complexity index is 655. The van der Waals surface area contributed by atoms with Gasteiger partial charge in [0.2, 0.25) is 0 Å². The zero-order valence-electron chi connectivity index (χ0n) is 11.6. The summed E-state index contributed by atoms with van der Waals surface area (Å²) in [7, 11) is 1.34. The minimum absolute atomic E-state index is 0.230. The van der Waals surface area contributed by atoms with Crippen molar-refractivity contribution in [3.63, 3.8) is 0 Å². The minimum Gasteiger partial charge on any atom is -0.508 e. The van der Waals surface area contributed by atoms with E-state index in [1.807, 2.05) is 24.3 Å². The molecule has 0 unspecified atom stereocenters. The SMILES string of the molecule is COC(=O)C=Cc1ccc(N=Cc2ccc(O)cc2)cc1. The molecular formula is C17H15NO3. The number of aliphatic imine (C=N–C) groups is 1. The molecule has 0 fully saturated rings. The summed E-state index contributed by atoms with van der Waals surface area (Å²) in [6.45, 7) is 0. The number of benzene rings is 2. The Morgan fingerprint density at radius 1 is 1.05 bits per heavy atom. The van der Waals surface area contributed by atoms with E-state index >= 15 is 0 Å². The predicted molar refractivity (Wildman–Crippen MR) is 82.9 cm³/mol. The van der Waals surface area contributed by atoms with E-state index in [1.54, 1.807) is 36.6 Å². The third-order valence-corrected chi connectivity index (χ3v) is 2.76. The molecule has 0 aliphatic rings. The fraction of sp³-hybridized carbons (Fsp3) is 0.0588. The highest BCUT2D eigenvalue weighted by Crippen LogP contribution is 2.15. The summed E-state index contributed by atoms with van der Waals surface area (Å²) < 4.78 is 4.52. The van der Waals surface area contributed by atoms with Gasteiger partial charge in [-0.3, -0.25) is 4.99 Å². The van der Waals surface area contributed by atoms with Crippen LogP contribution in [0.1, 0.15) is 11.1 Å². The molecule has 21 heavy (non-hydrogen) atoms. The van der Waals surface area contributed by atoms with Gasteiger partial charge in [-0.2, -0.15) is 0 Å². The first-order valence-electron chi connectivity index (χ1n) is 6.36. The summed E-state index contributed by atoms with van der Waals surface area (Å²) >= 11 is 0. The molecule has 0 aromatic heterocycles. The Labute approximate surface area is 123 Å². The summed E-state index contributed by atoms with van der Waals surface area (Å²) in [6, 6.07) is 14.2. The number of methoxy groups -OCH3 is 1. The van der Waals surface area contributed by atoms with E-state index in [0.717, 1.165) is 16.8 Å². The van der Waals surface area contributed by atoms with Crippen LogP contribution in [0, 0.1) is 0 Å². The highest BCUT2D eigenvalue weighted by molar-refractivity contribution is 5.87. The Balaban J connectivity index is 2.03. The van der Waals surface area contributed by atoms with E-state index in [-0.39, 0.29) is 11.7 Å². The number of esters is 1. The van der Waals surface area contributed by atoms with Crippen molar-refractivity contribution in [3.05, 3.63) is 65.7 Å². The zero-order chi connectivity index (χ0) is 15.1. The second kappa shape index (κ2) is 7.05. The Morgan fingerprint density at radius 3 is 2.29 bits per heavy atom. The van der Waals surface area contributed by atoms with Crippen LogP contribution >= 0.6 is 0 Å². The van der Waals surface area contributed by atoms with Crippen molar-refractivity contribution >= 4 is 23.9 Å². The van der Waals surface area contributed by atoms with E-state index in [9.17, 15) is 9.90 Å². The fourth-order valence-corrected chi connectivity index (χ4v) is 1.61. The summed E-state index contributed by atoms with van der Waals surface area (Å²) in [5.41, 5.74) is 2.60. The van der Waals surface area contributed by atoms with E-state index in [4.69, 9.17) is 0 Å². The van der Waals surface area contributed by atoms with Gasteiger partial charge in [0.15, 0.2) is 0 Å². The number of phenolic OH excluding ortho intramolecular Hbond substituents is 1. The van der Waals surface area contributed by atoms with Crippen LogP contribution in [0.25, 0.3) is 6.08 Å². The molecule has 0 amide bonds.